The molecule has 0 aliphatic carbocycles. The number of benzene rings is 2. The van der Waals surface area contributed by atoms with Gasteiger partial charge in [0.1, 0.15) is 0 Å². The van der Waals surface area contributed by atoms with Gasteiger partial charge in [0.2, 0.25) is 0 Å². The lowest BCUT2D eigenvalue weighted by Gasteiger charge is -2.22. The summed E-state index contributed by atoms with van der Waals surface area (Å²) in [6.45, 7) is 2.81. The van der Waals surface area contributed by atoms with Gasteiger partial charge in [0.25, 0.3) is 5.91 Å². The van der Waals surface area contributed by atoms with Crippen molar-refractivity contribution >= 4 is 28.9 Å². The van der Waals surface area contributed by atoms with Gasteiger partial charge in [0.15, 0.2) is 6.61 Å². The van der Waals surface area contributed by atoms with Crippen LogP contribution < -0.4 is 5.73 Å². The van der Waals surface area contributed by atoms with Crippen LogP contribution in [0.4, 0.5) is 5.69 Å². The SMILES string of the molecule is Cc1ccc(CN(CCc2ccccc2)C(=O)COC(=O)c2ccc(N)cc2)s1. The molecule has 0 fully saturated rings. The number of esters is 1. The van der Waals surface area contributed by atoms with E-state index in [1.807, 2.05) is 49.4 Å². The zero-order valence-electron chi connectivity index (χ0n) is 16.3. The number of thiophene rings is 1. The third-order valence-electron chi connectivity index (χ3n) is 4.48. The highest BCUT2D eigenvalue weighted by Gasteiger charge is 2.18. The Labute approximate surface area is 174 Å². The van der Waals surface area contributed by atoms with Crippen LogP contribution in [-0.2, 0) is 22.5 Å². The van der Waals surface area contributed by atoms with E-state index in [9.17, 15) is 9.59 Å². The molecule has 1 amide bonds. The second kappa shape index (κ2) is 9.89. The first-order chi connectivity index (χ1) is 14.0. The van der Waals surface area contributed by atoms with E-state index in [1.54, 1.807) is 40.5 Å². The van der Waals surface area contributed by atoms with Crippen LogP contribution in [0.25, 0.3) is 0 Å². The van der Waals surface area contributed by atoms with Gasteiger partial charge in [-0.1, -0.05) is 30.3 Å². The fourth-order valence-electron chi connectivity index (χ4n) is 2.88. The van der Waals surface area contributed by atoms with Crippen LogP contribution in [0.3, 0.4) is 0 Å². The van der Waals surface area contributed by atoms with Crippen LogP contribution in [0, 0.1) is 6.92 Å². The van der Waals surface area contributed by atoms with Crippen LogP contribution >= 0.6 is 11.3 Å². The number of aryl methyl sites for hydroxylation is 1. The largest absolute Gasteiger partial charge is 0.452 e. The number of nitrogens with zero attached hydrogens (tertiary/aromatic N) is 1. The first kappa shape index (κ1) is 20.6. The van der Waals surface area contributed by atoms with Crippen LogP contribution in [0.5, 0.6) is 0 Å². The summed E-state index contributed by atoms with van der Waals surface area (Å²) in [7, 11) is 0. The molecule has 1 aromatic heterocycles. The number of carbonyl (C=O) groups excluding carboxylic acids is 2. The monoisotopic (exact) mass is 408 g/mol. The van der Waals surface area contributed by atoms with Gasteiger partial charge in [-0.05, 0) is 55.3 Å². The van der Waals surface area contributed by atoms with Gasteiger partial charge in [-0.25, -0.2) is 4.79 Å². The molecule has 6 heteroatoms. The van der Waals surface area contributed by atoms with Gasteiger partial charge in [0, 0.05) is 22.0 Å². The summed E-state index contributed by atoms with van der Waals surface area (Å²) in [5.74, 6) is -0.746. The van der Waals surface area contributed by atoms with E-state index < -0.39 is 5.97 Å². The first-order valence-electron chi connectivity index (χ1n) is 9.41. The van der Waals surface area contributed by atoms with Crippen LogP contribution in [0.1, 0.15) is 25.7 Å². The summed E-state index contributed by atoms with van der Waals surface area (Å²) in [5, 5.41) is 0. The Bertz CT molecular complexity index is 952. The molecule has 2 aromatic carbocycles. The molecule has 3 rings (SSSR count). The zero-order chi connectivity index (χ0) is 20.6. The molecule has 0 spiro atoms. The van der Waals surface area contributed by atoms with Crippen molar-refractivity contribution in [1.29, 1.82) is 0 Å². The zero-order valence-corrected chi connectivity index (χ0v) is 17.2. The summed E-state index contributed by atoms with van der Waals surface area (Å²) >= 11 is 1.66. The molecule has 3 aromatic rings. The highest BCUT2D eigenvalue weighted by molar-refractivity contribution is 7.11. The fraction of sp³-hybridized carbons (Fsp3) is 0.217. The molecule has 150 valence electrons. The lowest BCUT2D eigenvalue weighted by molar-refractivity contribution is -0.135. The maximum atomic E-state index is 12.8. The van der Waals surface area contributed by atoms with Crippen molar-refractivity contribution < 1.29 is 14.3 Å². The van der Waals surface area contributed by atoms with Gasteiger partial charge in [-0.2, -0.15) is 0 Å². The first-order valence-corrected chi connectivity index (χ1v) is 10.2. The maximum absolute atomic E-state index is 12.8. The molecule has 0 bridgehead atoms. The smallest absolute Gasteiger partial charge is 0.338 e. The van der Waals surface area contributed by atoms with Crippen molar-refractivity contribution in [3.05, 3.63) is 87.6 Å². The Balaban J connectivity index is 1.62. The Morgan fingerprint density at radius 3 is 2.38 bits per heavy atom. The summed E-state index contributed by atoms with van der Waals surface area (Å²) < 4.78 is 5.24. The molecule has 2 N–H and O–H groups in total. The van der Waals surface area contributed by atoms with Crippen LogP contribution in [0.15, 0.2) is 66.7 Å². The molecule has 29 heavy (non-hydrogen) atoms. The quantitative estimate of drug-likeness (QED) is 0.450. The number of amides is 1. The molecule has 0 aliphatic heterocycles. The molecule has 0 radical (unpaired) electrons. The Morgan fingerprint density at radius 1 is 1.00 bits per heavy atom. The van der Waals surface area contributed by atoms with Gasteiger partial charge in [-0.15, -0.1) is 11.3 Å². The molecule has 1 heterocycles. The van der Waals surface area contributed by atoms with E-state index in [2.05, 4.69) is 0 Å². The Hall–Kier alpha value is -3.12. The molecule has 0 saturated heterocycles. The summed E-state index contributed by atoms with van der Waals surface area (Å²) in [6.07, 6.45) is 0.739. The number of nitrogen functional groups attached to an aromatic ring is 1. The number of ether oxygens (including phenoxy) is 1. The second-order valence-corrected chi connectivity index (χ2v) is 8.13. The number of nitrogens with two attached hydrogens (primary N) is 1. The van der Waals surface area contributed by atoms with E-state index in [4.69, 9.17) is 10.5 Å². The van der Waals surface area contributed by atoms with Crippen molar-refractivity contribution in [2.75, 3.05) is 18.9 Å². The molecule has 0 saturated carbocycles. The number of anilines is 1. The van der Waals surface area contributed by atoms with Gasteiger partial charge in [-0.3, -0.25) is 4.79 Å². The Morgan fingerprint density at radius 2 is 1.72 bits per heavy atom. The topological polar surface area (TPSA) is 72.6 Å². The minimum Gasteiger partial charge on any atom is -0.452 e. The van der Waals surface area contributed by atoms with Crippen LogP contribution in [0.2, 0.25) is 0 Å². The number of hydrogen-bond donors (Lipinski definition) is 1. The Kier molecular flexibility index (Phi) is 7.03. The van der Waals surface area contributed by atoms with Gasteiger partial charge in [0.05, 0.1) is 12.1 Å². The van der Waals surface area contributed by atoms with E-state index >= 15 is 0 Å². The minimum absolute atomic E-state index is 0.212. The lowest BCUT2D eigenvalue weighted by atomic mass is 10.1. The minimum atomic E-state index is -0.534. The van der Waals surface area contributed by atoms with E-state index in [0.717, 1.165) is 16.9 Å². The lowest BCUT2D eigenvalue weighted by Crippen LogP contribution is -2.35. The third kappa shape index (κ3) is 6.19. The summed E-state index contributed by atoms with van der Waals surface area (Å²) in [5.41, 5.74) is 7.73. The van der Waals surface area contributed by atoms with Gasteiger partial charge < -0.3 is 15.4 Å². The van der Waals surface area contributed by atoms with E-state index in [0.29, 0.717) is 24.3 Å². The van der Waals surface area contributed by atoms with E-state index in [-0.39, 0.29) is 12.5 Å². The van der Waals surface area contributed by atoms with Gasteiger partial charge >= 0.3 is 5.97 Å². The average molecular weight is 409 g/mol. The van der Waals surface area contributed by atoms with Crippen molar-refractivity contribution in [2.24, 2.45) is 0 Å². The van der Waals surface area contributed by atoms with Crippen molar-refractivity contribution in [3.8, 4) is 0 Å². The molecule has 0 atom stereocenters. The third-order valence-corrected chi connectivity index (χ3v) is 5.47. The molecule has 5 nitrogen and oxygen atoms in total. The van der Waals surface area contributed by atoms with Crippen LogP contribution in [-0.4, -0.2) is 29.9 Å². The molecule has 0 unspecified atom stereocenters. The average Bonchev–Trinajstić information content (AvgIpc) is 3.15. The predicted molar refractivity (Wildman–Crippen MR) is 116 cm³/mol. The predicted octanol–water partition coefficient (Wildman–Crippen LogP) is 4.07. The van der Waals surface area contributed by atoms with Crippen molar-refractivity contribution in [2.45, 2.75) is 19.9 Å². The highest BCUT2D eigenvalue weighted by Crippen LogP contribution is 2.18. The molecular weight excluding hydrogens is 384 g/mol. The molecular formula is C23H24N2O3S. The standard InChI is InChI=1S/C23H24N2O3S/c1-17-7-12-21(29-17)15-25(14-13-18-5-3-2-4-6-18)22(26)16-28-23(27)19-8-10-20(24)11-9-19/h2-12H,13-16,24H2,1H3. The summed E-state index contributed by atoms with van der Waals surface area (Å²) in [4.78, 5) is 29.0. The highest BCUT2D eigenvalue weighted by atomic mass is 32.1. The second-order valence-electron chi connectivity index (χ2n) is 6.76. The van der Waals surface area contributed by atoms with Crippen molar-refractivity contribution in [1.82, 2.24) is 4.90 Å². The normalized spacial score (nSPS) is 10.5. The number of carbonyl (C=O) groups is 2. The summed E-state index contributed by atoms with van der Waals surface area (Å²) in [6, 6.07) is 20.5. The van der Waals surface area contributed by atoms with Crippen molar-refractivity contribution in [3.63, 3.8) is 0 Å². The number of rotatable bonds is 8. The maximum Gasteiger partial charge on any atom is 0.338 e. The fourth-order valence-corrected chi connectivity index (χ4v) is 3.79. The van der Waals surface area contributed by atoms with E-state index in [1.165, 1.54) is 4.88 Å². The number of hydrogen-bond acceptors (Lipinski definition) is 5. The molecule has 0 aliphatic rings.